The number of hydrogen-bond donors (Lipinski definition) is 1. The lowest BCUT2D eigenvalue weighted by molar-refractivity contribution is 0.354. The van der Waals surface area contributed by atoms with E-state index in [4.69, 9.17) is 9.47 Å². The van der Waals surface area contributed by atoms with Gasteiger partial charge in [0.15, 0.2) is 31.2 Å². The molecule has 10 heteroatoms. The third-order valence-electron chi connectivity index (χ3n) is 4.86. The van der Waals surface area contributed by atoms with E-state index in [1.165, 1.54) is 44.6 Å². The minimum atomic E-state index is -3.96. The van der Waals surface area contributed by atoms with Crippen LogP contribution in [0.15, 0.2) is 47.4 Å². The molecule has 0 aromatic heterocycles. The lowest BCUT2D eigenvalue weighted by Crippen LogP contribution is -2.43. The van der Waals surface area contributed by atoms with E-state index in [0.29, 0.717) is 5.75 Å². The van der Waals surface area contributed by atoms with Crippen LogP contribution in [0.2, 0.25) is 0 Å². The third kappa shape index (κ3) is 4.71. The van der Waals surface area contributed by atoms with Crippen LogP contribution in [0.4, 0.5) is 4.39 Å². The monoisotopic (exact) mass is 443 g/mol. The average Bonchev–Trinajstić information content (AvgIpc) is 3.02. The molecule has 2 atom stereocenters. The van der Waals surface area contributed by atoms with Gasteiger partial charge in [-0.1, -0.05) is 12.1 Å². The molecule has 0 radical (unpaired) electrons. The molecular formula is C19H22FNO6S2. The van der Waals surface area contributed by atoms with E-state index in [9.17, 15) is 21.2 Å². The van der Waals surface area contributed by atoms with E-state index in [1.807, 2.05) is 0 Å². The summed E-state index contributed by atoms with van der Waals surface area (Å²) < 4.78 is 74.2. The normalized spacial score (nSPS) is 21.1. The van der Waals surface area contributed by atoms with Crippen molar-refractivity contribution in [3.05, 3.63) is 53.8 Å². The van der Waals surface area contributed by atoms with E-state index < -0.39 is 36.7 Å². The Labute approximate surface area is 169 Å². The number of rotatable bonds is 7. The van der Waals surface area contributed by atoms with Crippen molar-refractivity contribution in [1.82, 2.24) is 5.32 Å². The van der Waals surface area contributed by atoms with Crippen molar-refractivity contribution < 1.29 is 30.7 Å². The second kappa shape index (κ2) is 8.29. The van der Waals surface area contributed by atoms with Crippen LogP contribution in [0.1, 0.15) is 5.56 Å². The van der Waals surface area contributed by atoms with Crippen molar-refractivity contribution in [2.24, 2.45) is 0 Å². The molecule has 1 aliphatic rings. The maximum atomic E-state index is 13.2. The van der Waals surface area contributed by atoms with Crippen LogP contribution < -0.4 is 14.8 Å². The Bertz CT molecular complexity index is 1080. The fourth-order valence-electron chi connectivity index (χ4n) is 3.33. The minimum absolute atomic E-state index is 0.0363. The van der Waals surface area contributed by atoms with Gasteiger partial charge < -0.3 is 14.8 Å². The van der Waals surface area contributed by atoms with Gasteiger partial charge in [-0.25, -0.2) is 21.2 Å². The smallest absolute Gasteiger partial charge is 0.183 e. The van der Waals surface area contributed by atoms with Crippen molar-refractivity contribution in [3.8, 4) is 11.5 Å². The Balaban J connectivity index is 1.88. The first-order chi connectivity index (χ1) is 13.7. The van der Waals surface area contributed by atoms with Crippen molar-refractivity contribution >= 4 is 19.7 Å². The molecular weight excluding hydrogens is 421 g/mol. The number of benzene rings is 2. The van der Waals surface area contributed by atoms with E-state index >= 15 is 0 Å². The van der Waals surface area contributed by atoms with E-state index in [0.717, 1.165) is 5.56 Å². The second-order valence-electron chi connectivity index (χ2n) is 6.79. The van der Waals surface area contributed by atoms with Crippen LogP contribution in [0, 0.1) is 5.82 Å². The molecule has 0 spiro atoms. The molecule has 1 N–H and O–H groups in total. The highest BCUT2D eigenvalue weighted by molar-refractivity contribution is 7.96. The predicted molar refractivity (Wildman–Crippen MR) is 106 cm³/mol. The zero-order valence-corrected chi connectivity index (χ0v) is 17.6. The number of hydrogen-bond acceptors (Lipinski definition) is 7. The van der Waals surface area contributed by atoms with Crippen LogP contribution in [-0.2, 0) is 26.2 Å². The molecule has 1 heterocycles. The van der Waals surface area contributed by atoms with Crippen LogP contribution in [0.3, 0.4) is 0 Å². The van der Waals surface area contributed by atoms with Gasteiger partial charge in [-0.15, -0.1) is 0 Å². The van der Waals surface area contributed by atoms with Crippen molar-refractivity contribution in [2.45, 2.75) is 22.7 Å². The Hall–Kier alpha value is -2.17. The molecule has 0 unspecified atom stereocenters. The van der Waals surface area contributed by atoms with E-state index in [1.54, 1.807) is 12.1 Å². The lowest BCUT2D eigenvalue weighted by atomic mass is 10.2. The average molecular weight is 444 g/mol. The summed E-state index contributed by atoms with van der Waals surface area (Å²) in [4.78, 5) is -0.0363. The zero-order valence-electron chi connectivity index (χ0n) is 16.0. The summed E-state index contributed by atoms with van der Waals surface area (Å²) >= 11 is 0. The first-order valence-electron chi connectivity index (χ1n) is 8.80. The minimum Gasteiger partial charge on any atom is -0.493 e. The summed E-state index contributed by atoms with van der Waals surface area (Å²) in [6.07, 6.45) is 0. The van der Waals surface area contributed by atoms with Crippen LogP contribution in [-0.4, -0.2) is 53.9 Å². The van der Waals surface area contributed by atoms with Gasteiger partial charge in [0, 0.05) is 18.7 Å². The quantitative estimate of drug-likeness (QED) is 0.694. The van der Waals surface area contributed by atoms with Gasteiger partial charge in [0.2, 0.25) is 0 Å². The summed E-state index contributed by atoms with van der Waals surface area (Å²) in [6, 6.07) is 9.08. The largest absolute Gasteiger partial charge is 0.493 e. The van der Waals surface area contributed by atoms with Gasteiger partial charge in [0.25, 0.3) is 0 Å². The molecule has 29 heavy (non-hydrogen) atoms. The van der Waals surface area contributed by atoms with Crippen molar-refractivity contribution in [3.63, 3.8) is 0 Å². The molecule has 158 valence electrons. The molecule has 3 rings (SSSR count). The van der Waals surface area contributed by atoms with Gasteiger partial charge in [-0.2, -0.15) is 0 Å². The van der Waals surface area contributed by atoms with Crippen LogP contribution in [0.25, 0.3) is 0 Å². The van der Waals surface area contributed by atoms with Gasteiger partial charge in [-0.05, 0) is 29.8 Å². The first kappa shape index (κ1) is 21.5. The highest BCUT2D eigenvalue weighted by Gasteiger charge is 2.45. The second-order valence-corrected chi connectivity index (χ2v) is 11.1. The number of nitrogens with one attached hydrogen (secondary N) is 1. The van der Waals surface area contributed by atoms with Crippen LogP contribution >= 0.6 is 0 Å². The Kier molecular flexibility index (Phi) is 6.16. The predicted octanol–water partition coefficient (Wildman–Crippen LogP) is 1.57. The Morgan fingerprint density at radius 3 is 2.31 bits per heavy atom. The molecule has 1 fully saturated rings. The first-order valence-corrected chi connectivity index (χ1v) is 12.2. The fourth-order valence-corrected chi connectivity index (χ4v) is 8.06. The highest BCUT2D eigenvalue weighted by Crippen LogP contribution is 2.33. The molecule has 0 amide bonds. The SMILES string of the molecule is COc1ccc(S(=O)(=O)[C@H]2CS(=O)(=O)C[C@@H]2NCc2ccc(F)cc2)cc1OC. The number of halogens is 1. The summed E-state index contributed by atoms with van der Waals surface area (Å²) in [6.45, 7) is 0.221. The van der Waals surface area contributed by atoms with Gasteiger partial charge >= 0.3 is 0 Å². The zero-order chi connectivity index (χ0) is 21.2. The number of sulfone groups is 2. The topological polar surface area (TPSA) is 98.8 Å². The van der Waals surface area contributed by atoms with Gasteiger partial charge in [0.1, 0.15) is 5.82 Å². The van der Waals surface area contributed by atoms with Crippen LogP contribution in [0.5, 0.6) is 11.5 Å². The summed E-state index contributed by atoms with van der Waals surface area (Å²) in [5, 5.41) is 1.87. The molecule has 0 aliphatic carbocycles. The molecule has 2 aromatic carbocycles. The van der Waals surface area contributed by atoms with Crippen molar-refractivity contribution in [2.75, 3.05) is 25.7 Å². The third-order valence-corrected chi connectivity index (χ3v) is 9.01. The molecule has 0 bridgehead atoms. The van der Waals surface area contributed by atoms with Gasteiger partial charge in [-0.3, -0.25) is 0 Å². The standard InChI is InChI=1S/C19H22FNO6S2/c1-26-17-8-7-15(9-18(17)27-2)29(24,25)19-12-28(22,23)11-16(19)21-10-13-3-5-14(20)6-4-13/h3-9,16,19,21H,10-12H2,1-2H3/t16-,19-/m0/s1. The molecule has 7 nitrogen and oxygen atoms in total. The van der Waals surface area contributed by atoms with Gasteiger partial charge in [0.05, 0.1) is 35.9 Å². The maximum Gasteiger partial charge on any atom is 0.183 e. The number of methoxy groups -OCH3 is 2. The summed E-state index contributed by atoms with van der Waals surface area (Å²) in [7, 11) is -4.67. The molecule has 2 aromatic rings. The van der Waals surface area contributed by atoms with Crippen molar-refractivity contribution in [1.29, 1.82) is 0 Å². The summed E-state index contributed by atoms with van der Waals surface area (Å²) in [5.41, 5.74) is 0.720. The maximum absolute atomic E-state index is 13.2. The lowest BCUT2D eigenvalue weighted by Gasteiger charge is -2.20. The Morgan fingerprint density at radius 2 is 1.69 bits per heavy atom. The molecule has 1 aliphatic heterocycles. The number of ether oxygens (including phenoxy) is 2. The molecule has 0 saturated carbocycles. The van der Waals surface area contributed by atoms with E-state index in [-0.39, 0.29) is 28.8 Å². The summed E-state index contributed by atoms with van der Waals surface area (Å²) in [5.74, 6) is -0.524. The Morgan fingerprint density at radius 1 is 1.03 bits per heavy atom. The fraction of sp³-hybridized carbons (Fsp3) is 0.368. The molecule has 1 saturated heterocycles. The highest BCUT2D eigenvalue weighted by atomic mass is 32.2. The van der Waals surface area contributed by atoms with E-state index in [2.05, 4.69) is 5.32 Å².